The minimum absolute atomic E-state index is 0.0789. The summed E-state index contributed by atoms with van der Waals surface area (Å²) in [7, 11) is -3.88. The van der Waals surface area contributed by atoms with Crippen LogP contribution >= 0.6 is 0 Å². The maximum atomic E-state index is 13.6. The SMILES string of the molecule is C=Cc1ccc(CC(=O)Nc2ccccc2Oc2ccc(S(=O)(=O)c3ccc(Oc4ccccc4NC(=O)Cc4ccc(C=C)c(C)c4)cc3)cc2)cc1C. The van der Waals surface area contributed by atoms with E-state index in [-0.39, 0.29) is 34.4 Å². The second kappa shape index (κ2) is 17.0. The fourth-order valence-electron chi connectivity index (χ4n) is 5.99. The van der Waals surface area contributed by atoms with E-state index in [1.54, 1.807) is 84.9 Å². The molecule has 8 nitrogen and oxygen atoms in total. The van der Waals surface area contributed by atoms with E-state index in [0.717, 1.165) is 33.4 Å². The van der Waals surface area contributed by atoms with Gasteiger partial charge in [-0.2, -0.15) is 0 Å². The number of carbonyl (C=O) groups excluding carboxylic acids is 2. The molecule has 0 aliphatic carbocycles. The molecule has 0 heterocycles. The molecule has 0 aromatic heterocycles. The van der Waals surface area contributed by atoms with Crippen molar-refractivity contribution in [3.8, 4) is 23.0 Å². The topological polar surface area (TPSA) is 111 Å². The number of amides is 2. The molecule has 0 radical (unpaired) electrons. The standard InChI is InChI=1S/C46H40N2O6S/c1-5-35-17-15-33(27-31(35)3)29-45(49)47-41-11-7-9-13-43(41)53-37-19-23-39(24-20-37)55(51,52)40-25-21-38(22-26-40)54-44-14-10-8-12-42(44)48-46(50)30-34-16-18-36(6-2)32(4)28-34/h5-28H,1-2,29-30H2,3-4H3,(H,47,49)(H,48,50). The molecule has 0 bridgehead atoms. The Bertz CT molecular complexity index is 2320. The zero-order chi connectivity index (χ0) is 39.0. The molecule has 0 spiro atoms. The van der Waals surface area contributed by atoms with Crippen molar-refractivity contribution in [2.45, 2.75) is 36.5 Å². The predicted octanol–water partition coefficient (Wildman–Crippen LogP) is 10.4. The third-order valence-corrected chi connectivity index (χ3v) is 10.7. The van der Waals surface area contributed by atoms with Crippen LogP contribution in [-0.4, -0.2) is 20.2 Å². The fourth-order valence-corrected chi connectivity index (χ4v) is 7.26. The third kappa shape index (κ3) is 9.45. The number of hydrogen-bond acceptors (Lipinski definition) is 6. The van der Waals surface area contributed by atoms with Gasteiger partial charge in [-0.1, -0.05) is 86.0 Å². The summed E-state index contributed by atoms with van der Waals surface area (Å²) in [5, 5.41) is 5.84. The molecule has 6 aromatic rings. The maximum Gasteiger partial charge on any atom is 0.228 e. The molecular weight excluding hydrogens is 709 g/mol. The Balaban J connectivity index is 1.08. The highest BCUT2D eigenvalue weighted by atomic mass is 32.2. The van der Waals surface area contributed by atoms with E-state index in [9.17, 15) is 18.0 Å². The molecule has 6 aromatic carbocycles. The van der Waals surface area contributed by atoms with Gasteiger partial charge < -0.3 is 20.1 Å². The van der Waals surface area contributed by atoms with Gasteiger partial charge in [0, 0.05) is 0 Å². The van der Waals surface area contributed by atoms with Crippen molar-refractivity contribution >= 4 is 45.2 Å². The predicted molar refractivity (Wildman–Crippen MR) is 219 cm³/mol. The highest BCUT2D eigenvalue weighted by Crippen LogP contribution is 2.33. The van der Waals surface area contributed by atoms with Crippen LogP contribution in [0.1, 0.15) is 33.4 Å². The average molecular weight is 749 g/mol. The number of aryl methyl sites for hydroxylation is 2. The fraction of sp³-hybridized carbons (Fsp3) is 0.0870. The first-order valence-corrected chi connectivity index (χ1v) is 19.0. The first kappa shape index (κ1) is 38.0. The van der Waals surface area contributed by atoms with Crippen LogP contribution in [-0.2, 0) is 32.3 Å². The van der Waals surface area contributed by atoms with Crippen molar-refractivity contribution < 1.29 is 27.5 Å². The van der Waals surface area contributed by atoms with Crippen LogP contribution in [0.3, 0.4) is 0 Å². The molecule has 55 heavy (non-hydrogen) atoms. The number of rotatable bonds is 14. The molecule has 0 saturated carbocycles. The zero-order valence-electron chi connectivity index (χ0n) is 30.5. The molecule has 0 aliphatic heterocycles. The van der Waals surface area contributed by atoms with Gasteiger partial charge in [0.25, 0.3) is 0 Å². The van der Waals surface area contributed by atoms with E-state index >= 15 is 0 Å². The van der Waals surface area contributed by atoms with Crippen LogP contribution in [0.2, 0.25) is 0 Å². The van der Waals surface area contributed by atoms with E-state index in [1.807, 2.05) is 50.2 Å². The molecule has 6 rings (SSSR count). The second-order valence-corrected chi connectivity index (χ2v) is 14.8. The summed E-state index contributed by atoms with van der Waals surface area (Å²) in [6.07, 6.45) is 3.93. The molecule has 2 N–H and O–H groups in total. The summed E-state index contributed by atoms with van der Waals surface area (Å²) in [6.45, 7) is 11.6. The Kier molecular flexibility index (Phi) is 11.7. The summed E-state index contributed by atoms with van der Waals surface area (Å²) in [5.74, 6) is 1.21. The lowest BCUT2D eigenvalue weighted by atomic mass is 10.0. The van der Waals surface area contributed by atoms with E-state index in [4.69, 9.17) is 9.47 Å². The van der Waals surface area contributed by atoms with Gasteiger partial charge >= 0.3 is 0 Å². The minimum atomic E-state index is -3.88. The minimum Gasteiger partial charge on any atom is -0.455 e. The van der Waals surface area contributed by atoms with Crippen LogP contribution in [0.4, 0.5) is 11.4 Å². The highest BCUT2D eigenvalue weighted by molar-refractivity contribution is 7.91. The van der Waals surface area contributed by atoms with Crippen LogP contribution < -0.4 is 20.1 Å². The Labute approximate surface area is 321 Å². The average Bonchev–Trinajstić information content (AvgIpc) is 3.17. The summed E-state index contributed by atoms with van der Waals surface area (Å²) < 4.78 is 39.2. The van der Waals surface area contributed by atoms with Crippen LogP contribution in [0.25, 0.3) is 12.2 Å². The summed E-state index contributed by atoms with van der Waals surface area (Å²) >= 11 is 0. The number of anilines is 2. The quantitative estimate of drug-likeness (QED) is 0.115. The van der Waals surface area contributed by atoms with Crippen molar-refractivity contribution in [1.29, 1.82) is 0 Å². The number of sulfone groups is 1. The largest absolute Gasteiger partial charge is 0.455 e. The number of carbonyl (C=O) groups is 2. The van der Waals surface area contributed by atoms with E-state index in [1.165, 1.54) is 24.3 Å². The Morgan fingerprint density at radius 1 is 0.564 bits per heavy atom. The third-order valence-electron chi connectivity index (χ3n) is 8.88. The van der Waals surface area contributed by atoms with Crippen molar-refractivity contribution in [1.82, 2.24) is 0 Å². The van der Waals surface area contributed by atoms with E-state index in [2.05, 4.69) is 23.8 Å². The van der Waals surface area contributed by atoms with Crippen LogP contribution in [0.5, 0.6) is 23.0 Å². The number of hydrogen-bond donors (Lipinski definition) is 2. The molecule has 0 unspecified atom stereocenters. The lowest BCUT2D eigenvalue weighted by Crippen LogP contribution is -2.15. The molecule has 276 valence electrons. The van der Waals surface area contributed by atoms with Crippen molar-refractivity contribution in [3.05, 3.63) is 180 Å². The zero-order valence-corrected chi connectivity index (χ0v) is 31.4. The first-order valence-electron chi connectivity index (χ1n) is 17.5. The lowest BCUT2D eigenvalue weighted by molar-refractivity contribution is -0.116. The number of nitrogens with one attached hydrogen (secondary N) is 2. The van der Waals surface area contributed by atoms with Crippen molar-refractivity contribution in [3.63, 3.8) is 0 Å². The van der Waals surface area contributed by atoms with Gasteiger partial charge in [0.1, 0.15) is 11.5 Å². The Hall–Kier alpha value is -6.71. The summed E-state index contributed by atoms with van der Waals surface area (Å²) in [6, 6.07) is 37.9. The van der Waals surface area contributed by atoms with E-state index < -0.39 is 9.84 Å². The molecule has 0 aliphatic rings. The normalized spacial score (nSPS) is 10.9. The van der Waals surface area contributed by atoms with Crippen LogP contribution in [0.15, 0.2) is 156 Å². The molecule has 0 fully saturated rings. The van der Waals surface area contributed by atoms with Gasteiger partial charge in [-0.05, 0) is 120 Å². The Morgan fingerprint density at radius 3 is 1.31 bits per heavy atom. The van der Waals surface area contributed by atoms with Gasteiger partial charge in [0.05, 0.1) is 34.0 Å². The van der Waals surface area contributed by atoms with Gasteiger partial charge in [-0.25, -0.2) is 8.42 Å². The second-order valence-electron chi connectivity index (χ2n) is 12.9. The lowest BCUT2D eigenvalue weighted by Gasteiger charge is -2.14. The van der Waals surface area contributed by atoms with Gasteiger partial charge in [0.2, 0.25) is 21.7 Å². The van der Waals surface area contributed by atoms with Crippen molar-refractivity contribution in [2.75, 3.05) is 10.6 Å². The van der Waals surface area contributed by atoms with Crippen molar-refractivity contribution in [2.24, 2.45) is 0 Å². The van der Waals surface area contributed by atoms with Gasteiger partial charge in [-0.3, -0.25) is 9.59 Å². The maximum absolute atomic E-state index is 13.6. The number of benzene rings is 6. The molecular formula is C46H40N2O6S. The van der Waals surface area contributed by atoms with Gasteiger partial charge in [0.15, 0.2) is 11.5 Å². The summed E-state index contributed by atoms with van der Waals surface area (Å²) in [5.41, 5.74) is 6.84. The van der Waals surface area contributed by atoms with E-state index in [0.29, 0.717) is 34.4 Å². The molecule has 9 heteroatoms. The van der Waals surface area contributed by atoms with Gasteiger partial charge in [-0.15, -0.1) is 0 Å². The molecule has 2 amide bonds. The molecule has 0 atom stereocenters. The first-order chi connectivity index (χ1) is 26.5. The summed E-state index contributed by atoms with van der Waals surface area (Å²) in [4.78, 5) is 26.0. The number of para-hydroxylation sites is 4. The Morgan fingerprint density at radius 2 is 0.945 bits per heavy atom. The smallest absolute Gasteiger partial charge is 0.228 e. The highest BCUT2D eigenvalue weighted by Gasteiger charge is 2.19. The number of ether oxygens (including phenoxy) is 2. The monoisotopic (exact) mass is 748 g/mol. The van der Waals surface area contributed by atoms with Crippen LogP contribution in [0, 0.1) is 13.8 Å². The molecule has 0 saturated heterocycles.